The Hall–Kier alpha value is -2.01. The van der Waals surface area contributed by atoms with Crippen LogP contribution in [-0.2, 0) is 0 Å². The molecule has 82 valence electrons. The number of hydrogen-bond donors (Lipinski definition) is 2. The number of aryl methyl sites for hydroxylation is 1. The number of hydrogen-bond acceptors (Lipinski definition) is 5. The lowest BCUT2D eigenvalue weighted by atomic mass is 10.1. The van der Waals surface area contributed by atoms with E-state index in [1.165, 1.54) is 0 Å². The number of nitrogen functional groups attached to an aromatic ring is 1. The number of ether oxygens (including phenoxy) is 2. The van der Waals surface area contributed by atoms with Crippen LogP contribution >= 0.6 is 0 Å². The summed E-state index contributed by atoms with van der Waals surface area (Å²) < 4.78 is 10.6. The molecule has 2 aromatic rings. The number of nitrogens with zero attached hydrogens (tertiary/aromatic N) is 1. The molecule has 1 aliphatic heterocycles. The Morgan fingerprint density at radius 3 is 2.75 bits per heavy atom. The van der Waals surface area contributed by atoms with Gasteiger partial charge in [-0.2, -0.15) is 0 Å². The lowest BCUT2D eigenvalue weighted by Gasteiger charge is -2.07. The maximum absolute atomic E-state index is 5.48. The summed E-state index contributed by atoms with van der Waals surface area (Å²) in [5, 5.41) is 0.928. The highest BCUT2D eigenvalue weighted by molar-refractivity contribution is 5.93. The Morgan fingerprint density at radius 1 is 1.25 bits per heavy atom. The lowest BCUT2D eigenvalue weighted by Crippen LogP contribution is -2.07. The average Bonchev–Trinajstić information content (AvgIpc) is 2.72. The zero-order chi connectivity index (χ0) is 11.1. The van der Waals surface area contributed by atoms with Crippen molar-refractivity contribution in [2.75, 3.05) is 12.2 Å². The maximum atomic E-state index is 5.48. The molecule has 1 aromatic heterocycles. The third-order valence-corrected chi connectivity index (χ3v) is 2.59. The number of rotatable bonds is 1. The molecule has 0 bridgehead atoms. The van der Waals surface area contributed by atoms with E-state index in [1.807, 2.05) is 25.1 Å². The highest BCUT2D eigenvalue weighted by Gasteiger charge is 2.16. The van der Waals surface area contributed by atoms with E-state index in [0.717, 1.165) is 33.8 Å². The SMILES string of the molecule is Cc1cc(NN)c2cc3c(cc2n1)OCO3. The summed E-state index contributed by atoms with van der Waals surface area (Å²) in [4.78, 5) is 4.43. The minimum atomic E-state index is 0.260. The van der Waals surface area contributed by atoms with Crippen LogP contribution in [0.15, 0.2) is 18.2 Å². The lowest BCUT2D eigenvalue weighted by molar-refractivity contribution is 0.174. The van der Waals surface area contributed by atoms with Gasteiger partial charge < -0.3 is 14.9 Å². The summed E-state index contributed by atoms with van der Waals surface area (Å²) >= 11 is 0. The van der Waals surface area contributed by atoms with Crippen molar-refractivity contribution in [2.45, 2.75) is 6.92 Å². The molecule has 1 aliphatic rings. The van der Waals surface area contributed by atoms with E-state index in [1.54, 1.807) is 0 Å². The fraction of sp³-hybridized carbons (Fsp3) is 0.182. The van der Waals surface area contributed by atoms with Gasteiger partial charge in [-0.05, 0) is 19.1 Å². The number of fused-ring (bicyclic) bond motifs is 2. The molecule has 0 spiro atoms. The Bertz CT molecular complexity index is 569. The van der Waals surface area contributed by atoms with E-state index in [-0.39, 0.29) is 6.79 Å². The molecule has 0 aliphatic carbocycles. The molecular formula is C11H11N3O2. The van der Waals surface area contributed by atoms with Crippen molar-refractivity contribution in [3.05, 3.63) is 23.9 Å². The normalized spacial score (nSPS) is 13.1. The molecule has 0 saturated heterocycles. The van der Waals surface area contributed by atoms with Crippen molar-refractivity contribution in [3.8, 4) is 11.5 Å². The van der Waals surface area contributed by atoms with Gasteiger partial charge in [0.25, 0.3) is 0 Å². The summed E-state index contributed by atoms with van der Waals surface area (Å²) in [6.07, 6.45) is 0. The molecular weight excluding hydrogens is 206 g/mol. The van der Waals surface area contributed by atoms with Gasteiger partial charge in [0, 0.05) is 17.1 Å². The minimum Gasteiger partial charge on any atom is -0.454 e. The van der Waals surface area contributed by atoms with Gasteiger partial charge >= 0.3 is 0 Å². The van der Waals surface area contributed by atoms with Crippen molar-refractivity contribution < 1.29 is 9.47 Å². The zero-order valence-electron chi connectivity index (χ0n) is 8.78. The van der Waals surface area contributed by atoms with Crippen LogP contribution in [0.1, 0.15) is 5.69 Å². The summed E-state index contributed by atoms with van der Waals surface area (Å²) in [6, 6.07) is 5.65. The van der Waals surface area contributed by atoms with Gasteiger partial charge in [0.2, 0.25) is 6.79 Å². The van der Waals surface area contributed by atoms with Crippen molar-refractivity contribution >= 4 is 16.6 Å². The fourth-order valence-corrected chi connectivity index (χ4v) is 1.87. The largest absolute Gasteiger partial charge is 0.454 e. The first kappa shape index (κ1) is 9.23. The number of nitrogens with two attached hydrogens (primary N) is 1. The minimum absolute atomic E-state index is 0.260. The van der Waals surface area contributed by atoms with Crippen LogP contribution in [0.2, 0.25) is 0 Å². The summed E-state index contributed by atoms with van der Waals surface area (Å²) in [5.41, 5.74) is 5.25. The molecule has 1 aromatic carbocycles. The zero-order valence-corrected chi connectivity index (χ0v) is 8.78. The fourth-order valence-electron chi connectivity index (χ4n) is 1.87. The van der Waals surface area contributed by atoms with Crippen molar-refractivity contribution in [1.82, 2.24) is 4.98 Å². The molecule has 0 amide bonds. The van der Waals surface area contributed by atoms with Gasteiger partial charge in [-0.1, -0.05) is 0 Å². The van der Waals surface area contributed by atoms with E-state index in [2.05, 4.69) is 10.4 Å². The first-order valence-corrected chi connectivity index (χ1v) is 4.95. The third-order valence-electron chi connectivity index (χ3n) is 2.59. The summed E-state index contributed by atoms with van der Waals surface area (Å²) in [5.74, 6) is 6.94. The molecule has 5 heteroatoms. The first-order valence-electron chi connectivity index (χ1n) is 4.95. The highest BCUT2D eigenvalue weighted by atomic mass is 16.7. The maximum Gasteiger partial charge on any atom is 0.231 e. The molecule has 3 N–H and O–H groups in total. The summed E-state index contributed by atoms with van der Waals surface area (Å²) in [7, 11) is 0. The monoisotopic (exact) mass is 217 g/mol. The van der Waals surface area contributed by atoms with Gasteiger partial charge in [0.05, 0.1) is 11.2 Å². The Balaban J connectivity index is 2.34. The van der Waals surface area contributed by atoms with Gasteiger partial charge in [-0.25, -0.2) is 0 Å². The number of anilines is 1. The topological polar surface area (TPSA) is 69.4 Å². The van der Waals surface area contributed by atoms with Crippen LogP contribution in [0.3, 0.4) is 0 Å². The number of pyridine rings is 1. The molecule has 0 fully saturated rings. The van der Waals surface area contributed by atoms with Crippen LogP contribution in [0.5, 0.6) is 11.5 Å². The highest BCUT2D eigenvalue weighted by Crippen LogP contribution is 2.37. The van der Waals surface area contributed by atoms with Gasteiger partial charge in [0.1, 0.15) is 0 Å². The van der Waals surface area contributed by atoms with Crippen LogP contribution < -0.4 is 20.7 Å². The van der Waals surface area contributed by atoms with Gasteiger partial charge in [-0.3, -0.25) is 10.8 Å². The van der Waals surface area contributed by atoms with Gasteiger partial charge in [-0.15, -0.1) is 0 Å². The molecule has 0 saturated carbocycles. The predicted molar refractivity (Wildman–Crippen MR) is 60.4 cm³/mol. The second-order valence-corrected chi connectivity index (χ2v) is 3.68. The number of benzene rings is 1. The second kappa shape index (κ2) is 3.24. The number of hydrazine groups is 1. The van der Waals surface area contributed by atoms with Gasteiger partial charge in [0.15, 0.2) is 11.5 Å². The van der Waals surface area contributed by atoms with Crippen LogP contribution in [0.4, 0.5) is 5.69 Å². The van der Waals surface area contributed by atoms with E-state index < -0.39 is 0 Å². The quantitative estimate of drug-likeness (QED) is 0.560. The van der Waals surface area contributed by atoms with E-state index in [4.69, 9.17) is 15.3 Å². The van der Waals surface area contributed by atoms with Crippen LogP contribution in [0, 0.1) is 6.92 Å². The molecule has 0 radical (unpaired) electrons. The molecule has 0 atom stereocenters. The number of aromatic nitrogens is 1. The average molecular weight is 217 g/mol. The van der Waals surface area contributed by atoms with E-state index >= 15 is 0 Å². The predicted octanol–water partition coefficient (Wildman–Crippen LogP) is 1.56. The van der Waals surface area contributed by atoms with E-state index in [0.29, 0.717) is 0 Å². The van der Waals surface area contributed by atoms with Crippen molar-refractivity contribution in [3.63, 3.8) is 0 Å². The summed E-state index contributed by atoms with van der Waals surface area (Å²) in [6.45, 7) is 2.18. The Morgan fingerprint density at radius 2 is 2.00 bits per heavy atom. The van der Waals surface area contributed by atoms with Crippen LogP contribution in [0.25, 0.3) is 10.9 Å². The second-order valence-electron chi connectivity index (χ2n) is 3.68. The molecule has 2 heterocycles. The molecule has 5 nitrogen and oxygen atoms in total. The van der Waals surface area contributed by atoms with Crippen molar-refractivity contribution in [2.24, 2.45) is 5.84 Å². The molecule has 0 unspecified atom stereocenters. The van der Waals surface area contributed by atoms with Crippen molar-refractivity contribution in [1.29, 1.82) is 0 Å². The first-order chi connectivity index (χ1) is 7.78. The third kappa shape index (κ3) is 1.25. The smallest absolute Gasteiger partial charge is 0.231 e. The molecule has 16 heavy (non-hydrogen) atoms. The Labute approximate surface area is 92.1 Å². The van der Waals surface area contributed by atoms with Crippen LogP contribution in [-0.4, -0.2) is 11.8 Å². The number of nitrogens with one attached hydrogen (secondary N) is 1. The standard InChI is InChI=1S/C11H11N3O2/c1-6-2-9(14-12)7-3-10-11(16-5-15-10)4-8(7)13-6/h2-4H,5,12H2,1H3,(H,13,14). The van der Waals surface area contributed by atoms with E-state index in [9.17, 15) is 0 Å². The Kier molecular flexibility index (Phi) is 1.87. The molecule has 3 rings (SSSR count).